The van der Waals surface area contributed by atoms with Crippen LogP contribution in [0.1, 0.15) is 12.8 Å². The molecule has 1 heterocycles. The Labute approximate surface area is 112 Å². The highest BCUT2D eigenvalue weighted by atomic mass is 79.9. The van der Waals surface area contributed by atoms with E-state index >= 15 is 0 Å². The molecule has 0 bridgehead atoms. The second-order valence-corrected chi connectivity index (χ2v) is 5.80. The first kappa shape index (κ1) is 12.7. The predicted molar refractivity (Wildman–Crippen MR) is 77.5 cm³/mol. The van der Waals surface area contributed by atoms with Crippen molar-refractivity contribution >= 4 is 27.3 Å². The molecule has 4 heteroatoms. The molecule has 0 radical (unpaired) electrons. The molecule has 0 aromatic heterocycles. The highest BCUT2D eigenvalue weighted by Gasteiger charge is 2.21. The molecule has 0 unspecified atom stereocenters. The number of benzene rings is 1. The van der Waals surface area contributed by atoms with Gasteiger partial charge in [-0.15, -0.1) is 0 Å². The quantitative estimate of drug-likeness (QED) is 0.852. The van der Waals surface area contributed by atoms with Crippen LogP contribution in [-0.2, 0) is 0 Å². The van der Waals surface area contributed by atoms with Gasteiger partial charge in [0.15, 0.2) is 0 Å². The molecule has 1 fully saturated rings. The zero-order valence-corrected chi connectivity index (χ0v) is 12.1. The molecule has 0 atom stereocenters. The average molecular weight is 298 g/mol. The molecule has 0 spiro atoms. The molecule has 0 aliphatic carbocycles. The zero-order valence-electron chi connectivity index (χ0n) is 10.5. The second-order valence-electron chi connectivity index (χ2n) is 4.88. The lowest BCUT2D eigenvalue weighted by Crippen LogP contribution is -2.42. The van der Waals surface area contributed by atoms with Crippen molar-refractivity contribution in [3.05, 3.63) is 22.7 Å². The Morgan fingerprint density at radius 3 is 2.53 bits per heavy atom. The van der Waals surface area contributed by atoms with Gasteiger partial charge in [-0.3, -0.25) is 0 Å². The molecule has 17 heavy (non-hydrogen) atoms. The van der Waals surface area contributed by atoms with E-state index in [1.165, 1.54) is 12.8 Å². The lowest BCUT2D eigenvalue weighted by Gasteiger charge is -2.37. The summed E-state index contributed by atoms with van der Waals surface area (Å²) >= 11 is 3.51. The van der Waals surface area contributed by atoms with Gasteiger partial charge < -0.3 is 15.5 Å². The van der Waals surface area contributed by atoms with E-state index in [1.807, 2.05) is 12.1 Å². The summed E-state index contributed by atoms with van der Waals surface area (Å²) in [6.45, 7) is 2.17. The van der Waals surface area contributed by atoms with Gasteiger partial charge >= 0.3 is 0 Å². The number of nitrogens with zero attached hydrogens (tertiary/aromatic N) is 2. The first-order valence-electron chi connectivity index (χ1n) is 6.04. The van der Waals surface area contributed by atoms with Crippen LogP contribution < -0.4 is 10.6 Å². The number of nitrogen functional groups attached to an aromatic ring is 1. The monoisotopic (exact) mass is 297 g/mol. The summed E-state index contributed by atoms with van der Waals surface area (Å²) in [7, 11) is 4.32. The van der Waals surface area contributed by atoms with Gasteiger partial charge in [-0.1, -0.05) is 15.9 Å². The molecule has 0 amide bonds. The number of hydrogen-bond acceptors (Lipinski definition) is 3. The van der Waals surface area contributed by atoms with Gasteiger partial charge in [0.25, 0.3) is 0 Å². The molecule has 94 valence electrons. The van der Waals surface area contributed by atoms with Crippen LogP contribution in [0.25, 0.3) is 0 Å². The summed E-state index contributed by atoms with van der Waals surface area (Å²) in [5.74, 6) is 0. The van der Waals surface area contributed by atoms with Gasteiger partial charge in [0.2, 0.25) is 0 Å². The Morgan fingerprint density at radius 1 is 1.29 bits per heavy atom. The van der Waals surface area contributed by atoms with Crippen molar-refractivity contribution in [2.75, 3.05) is 37.8 Å². The van der Waals surface area contributed by atoms with E-state index in [2.05, 4.69) is 45.9 Å². The van der Waals surface area contributed by atoms with Crippen LogP contribution in [0.3, 0.4) is 0 Å². The SMILES string of the molecule is CN(C)C1CCN(c2cc(Br)ccc2N)CC1. The second kappa shape index (κ2) is 5.27. The Kier molecular flexibility index (Phi) is 3.94. The third-order valence-electron chi connectivity index (χ3n) is 3.53. The third-order valence-corrected chi connectivity index (χ3v) is 4.02. The fraction of sp³-hybridized carbons (Fsp3) is 0.538. The van der Waals surface area contributed by atoms with E-state index < -0.39 is 0 Å². The zero-order chi connectivity index (χ0) is 12.4. The van der Waals surface area contributed by atoms with Crippen LogP contribution in [-0.4, -0.2) is 38.1 Å². The maximum atomic E-state index is 6.04. The van der Waals surface area contributed by atoms with Crippen molar-refractivity contribution < 1.29 is 0 Å². The van der Waals surface area contributed by atoms with Crippen molar-refractivity contribution in [2.45, 2.75) is 18.9 Å². The summed E-state index contributed by atoms with van der Waals surface area (Å²) in [6, 6.07) is 6.79. The molecule has 3 nitrogen and oxygen atoms in total. The van der Waals surface area contributed by atoms with Crippen molar-refractivity contribution in [3.63, 3.8) is 0 Å². The van der Waals surface area contributed by atoms with Crippen LogP contribution >= 0.6 is 15.9 Å². The Hall–Kier alpha value is -0.740. The minimum absolute atomic E-state index is 0.708. The molecule has 1 aromatic carbocycles. The summed E-state index contributed by atoms with van der Waals surface area (Å²) in [6.07, 6.45) is 2.41. The van der Waals surface area contributed by atoms with E-state index in [9.17, 15) is 0 Å². The summed E-state index contributed by atoms with van der Waals surface area (Å²) in [5, 5.41) is 0. The van der Waals surface area contributed by atoms with Gasteiger partial charge in [0, 0.05) is 23.6 Å². The molecule has 2 N–H and O–H groups in total. The van der Waals surface area contributed by atoms with Crippen molar-refractivity contribution in [3.8, 4) is 0 Å². The first-order chi connectivity index (χ1) is 8.08. The maximum Gasteiger partial charge on any atom is 0.0611 e. The summed E-state index contributed by atoms with van der Waals surface area (Å²) in [5.41, 5.74) is 8.08. The van der Waals surface area contributed by atoms with Gasteiger partial charge in [-0.2, -0.15) is 0 Å². The van der Waals surface area contributed by atoms with E-state index in [0.29, 0.717) is 6.04 Å². The topological polar surface area (TPSA) is 32.5 Å². The maximum absolute atomic E-state index is 6.04. The summed E-state index contributed by atoms with van der Waals surface area (Å²) in [4.78, 5) is 4.71. The van der Waals surface area contributed by atoms with Crippen molar-refractivity contribution in [2.24, 2.45) is 0 Å². The smallest absolute Gasteiger partial charge is 0.0611 e. The van der Waals surface area contributed by atoms with E-state index in [1.54, 1.807) is 0 Å². The highest BCUT2D eigenvalue weighted by molar-refractivity contribution is 9.10. The molecule has 1 aliphatic heterocycles. The van der Waals surface area contributed by atoms with E-state index in [4.69, 9.17) is 5.73 Å². The minimum atomic E-state index is 0.708. The summed E-state index contributed by atoms with van der Waals surface area (Å²) < 4.78 is 1.09. The van der Waals surface area contributed by atoms with Crippen LogP contribution in [0.2, 0.25) is 0 Å². The number of nitrogens with two attached hydrogens (primary N) is 1. The normalized spacial score (nSPS) is 17.8. The van der Waals surface area contributed by atoms with E-state index in [-0.39, 0.29) is 0 Å². The van der Waals surface area contributed by atoms with Gasteiger partial charge in [-0.05, 0) is 45.1 Å². The Bertz CT molecular complexity index is 384. The number of hydrogen-bond donors (Lipinski definition) is 1. The van der Waals surface area contributed by atoms with Crippen LogP contribution in [0.15, 0.2) is 22.7 Å². The number of rotatable bonds is 2. The Morgan fingerprint density at radius 2 is 1.94 bits per heavy atom. The molecule has 1 saturated heterocycles. The third kappa shape index (κ3) is 2.93. The lowest BCUT2D eigenvalue weighted by molar-refractivity contribution is 0.250. The Balaban J connectivity index is 2.07. The molecule has 2 rings (SSSR count). The van der Waals surface area contributed by atoms with Crippen LogP contribution in [0.5, 0.6) is 0 Å². The molecule has 1 aliphatic rings. The fourth-order valence-electron chi connectivity index (χ4n) is 2.41. The van der Waals surface area contributed by atoms with Gasteiger partial charge in [-0.25, -0.2) is 0 Å². The minimum Gasteiger partial charge on any atom is -0.397 e. The average Bonchev–Trinajstić information content (AvgIpc) is 2.32. The van der Waals surface area contributed by atoms with Gasteiger partial charge in [0.1, 0.15) is 0 Å². The number of piperidine rings is 1. The largest absolute Gasteiger partial charge is 0.397 e. The van der Waals surface area contributed by atoms with Crippen molar-refractivity contribution in [1.82, 2.24) is 4.90 Å². The highest BCUT2D eigenvalue weighted by Crippen LogP contribution is 2.29. The van der Waals surface area contributed by atoms with Crippen molar-refractivity contribution in [1.29, 1.82) is 0 Å². The molecule has 0 saturated carbocycles. The lowest BCUT2D eigenvalue weighted by atomic mass is 10.0. The first-order valence-corrected chi connectivity index (χ1v) is 6.83. The fourth-order valence-corrected chi connectivity index (χ4v) is 2.76. The van der Waals surface area contributed by atoms with Crippen LogP contribution in [0.4, 0.5) is 11.4 Å². The van der Waals surface area contributed by atoms with Gasteiger partial charge in [0.05, 0.1) is 11.4 Å². The number of anilines is 2. The van der Waals surface area contributed by atoms with E-state index in [0.717, 1.165) is 28.9 Å². The molecule has 1 aromatic rings. The molecular formula is C13H20BrN3. The predicted octanol–water partition coefficient (Wildman–Crippen LogP) is 2.56. The number of halogens is 1. The van der Waals surface area contributed by atoms with Crippen LogP contribution in [0, 0.1) is 0 Å². The standard InChI is InChI=1S/C13H20BrN3/c1-16(2)11-5-7-17(8-6-11)13-9-10(14)3-4-12(13)15/h3-4,9,11H,5-8,15H2,1-2H3. The molecular weight excluding hydrogens is 278 g/mol.